The fourth-order valence-corrected chi connectivity index (χ4v) is 1.88. The SMILES string of the molecule is CC(c1ccccc1[N+](=O)[O-])N(CC(=O)O)CC(=O)O. The normalized spacial score (nSPS) is 12.1. The van der Waals surface area contributed by atoms with Crippen molar-refractivity contribution in [3.05, 3.63) is 39.9 Å². The van der Waals surface area contributed by atoms with Crippen LogP contribution in [0, 0.1) is 10.1 Å². The molecular weight excluding hydrogens is 268 g/mol. The smallest absolute Gasteiger partial charge is 0.317 e. The van der Waals surface area contributed by atoms with E-state index in [-0.39, 0.29) is 11.3 Å². The molecule has 8 nitrogen and oxygen atoms in total. The Balaban J connectivity index is 3.10. The van der Waals surface area contributed by atoms with Gasteiger partial charge in [-0.25, -0.2) is 0 Å². The highest BCUT2D eigenvalue weighted by molar-refractivity contribution is 5.72. The molecule has 0 aromatic heterocycles. The van der Waals surface area contributed by atoms with Crippen molar-refractivity contribution in [2.45, 2.75) is 13.0 Å². The molecule has 0 aliphatic rings. The molecule has 0 spiro atoms. The number of benzene rings is 1. The van der Waals surface area contributed by atoms with Crippen LogP contribution >= 0.6 is 0 Å². The summed E-state index contributed by atoms with van der Waals surface area (Å²) in [6.07, 6.45) is 0. The van der Waals surface area contributed by atoms with Gasteiger partial charge in [0, 0.05) is 17.7 Å². The number of carboxylic acids is 2. The van der Waals surface area contributed by atoms with E-state index in [1.54, 1.807) is 6.07 Å². The predicted molar refractivity (Wildman–Crippen MR) is 68.4 cm³/mol. The summed E-state index contributed by atoms with van der Waals surface area (Å²) in [5.74, 6) is -2.40. The first-order valence-electron chi connectivity index (χ1n) is 5.74. The van der Waals surface area contributed by atoms with Gasteiger partial charge in [0.1, 0.15) is 0 Å². The number of para-hydroxylation sites is 1. The lowest BCUT2D eigenvalue weighted by atomic mass is 10.0. The summed E-state index contributed by atoms with van der Waals surface area (Å²) in [6.45, 7) is 0.507. The number of nitrogens with zero attached hydrogens (tertiary/aromatic N) is 2. The lowest BCUT2D eigenvalue weighted by Gasteiger charge is -2.25. The lowest BCUT2D eigenvalue weighted by molar-refractivity contribution is -0.386. The van der Waals surface area contributed by atoms with E-state index in [0.717, 1.165) is 4.90 Å². The Labute approximate surface area is 114 Å². The molecule has 1 atom stereocenters. The number of hydrogen-bond acceptors (Lipinski definition) is 5. The van der Waals surface area contributed by atoms with Crippen LogP contribution in [0.3, 0.4) is 0 Å². The zero-order valence-electron chi connectivity index (χ0n) is 10.7. The number of rotatable bonds is 7. The summed E-state index contributed by atoms with van der Waals surface area (Å²) >= 11 is 0. The molecule has 0 heterocycles. The third-order valence-corrected chi connectivity index (χ3v) is 2.81. The van der Waals surface area contributed by atoms with Crippen LogP contribution in [0.1, 0.15) is 18.5 Å². The Morgan fingerprint density at radius 1 is 1.25 bits per heavy atom. The second-order valence-electron chi connectivity index (χ2n) is 4.18. The Bertz CT molecular complexity index is 514. The summed E-state index contributed by atoms with van der Waals surface area (Å²) in [7, 11) is 0. The van der Waals surface area contributed by atoms with Crippen molar-refractivity contribution in [2.75, 3.05) is 13.1 Å². The second-order valence-corrected chi connectivity index (χ2v) is 4.18. The molecule has 0 saturated heterocycles. The van der Waals surface area contributed by atoms with E-state index in [1.165, 1.54) is 25.1 Å². The first kappa shape index (κ1) is 15.6. The minimum atomic E-state index is -1.20. The minimum absolute atomic E-state index is 0.166. The second kappa shape index (κ2) is 6.62. The molecular formula is C12H14N2O6. The molecule has 0 aliphatic carbocycles. The molecule has 0 radical (unpaired) electrons. The van der Waals surface area contributed by atoms with Gasteiger partial charge in [-0.1, -0.05) is 18.2 Å². The summed E-state index contributed by atoms with van der Waals surface area (Å²) in [4.78, 5) is 33.1. The maximum atomic E-state index is 10.9. The molecule has 8 heteroatoms. The summed E-state index contributed by atoms with van der Waals surface area (Å²) in [6, 6.07) is 5.15. The Hall–Kier alpha value is -2.48. The van der Waals surface area contributed by atoms with Gasteiger partial charge in [-0.15, -0.1) is 0 Å². The first-order valence-corrected chi connectivity index (χ1v) is 5.74. The minimum Gasteiger partial charge on any atom is -0.480 e. The molecule has 1 rings (SSSR count). The monoisotopic (exact) mass is 282 g/mol. The van der Waals surface area contributed by atoms with Crippen molar-refractivity contribution in [1.82, 2.24) is 4.90 Å². The van der Waals surface area contributed by atoms with Crippen LogP contribution in [0.5, 0.6) is 0 Å². The van der Waals surface area contributed by atoms with Crippen molar-refractivity contribution < 1.29 is 24.7 Å². The number of nitro benzene ring substituents is 1. The van der Waals surface area contributed by atoms with Gasteiger partial charge in [0.2, 0.25) is 0 Å². The predicted octanol–water partition coefficient (Wildman–Crippen LogP) is 1.13. The quantitative estimate of drug-likeness (QED) is 0.567. The van der Waals surface area contributed by atoms with Gasteiger partial charge in [-0.2, -0.15) is 0 Å². The van der Waals surface area contributed by atoms with Gasteiger partial charge in [0.15, 0.2) is 0 Å². The van der Waals surface area contributed by atoms with Crippen LogP contribution in [-0.2, 0) is 9.59 Å². The van der Waals surface area contributed by atoms with Crippen LogP contribution in [-0.4, -0.2) is 45.1 Å². The number of carboxylic acid groups (broad SMARTS) is 2. The maximum Gasteiger partial charge on any atom is 0.317 e. The average molecular weight is 282 g/mol. The Kier molecular flexibility index (Phi) is 5.15. The van der Waals surface area contributed by atoms with Gasteiger partial charge in [-0.05, 0) is 6.92 Å². The topological polar surface area (TPSA) is 121 Å². The van der Waals surface area contributed by atoms with Gasteiger partial charge >= 0.3 is 11.9 Å². The van der Waals surface area contributed by atoms with E-state index < -0.39 is 36.0 Å². The average Bonchev–Trinajstić information content (AvgIpc) is 2.36. The van der Waals surface area contributed by atoms with Gasteiger partial charge in [0.05, 0.1) is 18.0 Å². The van der Waals surface area contributed by atoms with Crippen LogP contribution in [0.25, 0.3) is 0 Å². The molecule has 0 fully saturated rings. The van der Waals surface area contributed by atoms with Crippen molar-refractivity contribution in [3.63, 3.8) is 0 Å². The molecule has 2 N–H and O–H groups in total. The highest BCUT2D eigenvalue weighted by Crippen LogP contribution is 2.28. The molecule has 0 aliphatic heterocycles. The Morgan fingerprint density at radius 2 is 1.75 bits per heavy atom. The van der Waals surface area contributed by atoms with Gasteiger partial charge in [0.25, 0.3) is 5.69 Å². The van der Waals surface area contributed by atoms with Gasteiger partial charge in [-0.3, -0.25) is 24.6 Å². The number of aliphatic carboxylic acids is 2. The number of hydrogen-bond donors (Lipinski definition) is 2. The third kappa shape index (κ3) is 4.02. The third-order valence-electron chi connectivity index (χ3n) is 2.81. The van der Waals surface area contributed by atoms with E-state index in [1.807, 2.05) is 0 Å². The van der Waals surface area contributed by atoms with Crippen LogP contribution in [0.4, 0.5) is 5.69 Å². The standard InChI is InChI=1S/C12H14N2O6/c1-8(13(6-11(15)16)7-12(17)18)9-4-2-3-5-10(9)14(19)20/h2-5,8H,6-7H2,1H3,(H,15,16)(H,17,18). The van der Waals surface area contributed by atoms with E-state index in [4.69, 9.17) is 10.2 Å². The maximum absolute atomic E-state index is 10.9. The fourth-order valence-electron chi connectivity index (χ4n) is 1.88. The largest absolute Gasteiger partial charge is 0.480 e. The van der Waals surface area contributed by atoms with Crippen molar-refractivity contribution >= 4 is 17.6 Å². The highest BCUT2D eigenvalue weighted by atomic mass is 16.6. The summed E-state index contributed by atoms with van der Waals surface area (Å²) in [5, 5.41) is 28.6. The van der Waals surface area contributed by atoms with Crippen molar-refractivity contribution in [1.29, 1.82) is 0 Å². The van der Waals surface area contributed by atoms with Crippen molar-refractivity contribution in [3.8, 4) is 0 Å². The molecule has 1 aromatic carbocycles. The van der Waals surface area contributed by atoms with Crippen LogP contribution in [0.15, 0.2) is 24.3 Å². The van der Waals surface area contributed by atoms with E-state index in [9.17, 15) is 19.7 Å². The van der Waals surface area contributed by atoms with Crippen molar-refractivity contribution in [2.24, 2.45) is 0 Å². The van der Waals surface area contributed by atoms with Crippen LogP contribution in [0.2, 0.25) is 0 Å². The molecule has 108 valence electrons. The van der Waals surface area contributed by atoms with Crippen LogP contribution < -0.4 is 0 Å². The molecule has 1 aromatic rings. The zero-order valence-corrected chi connectivity index (χ0v) is 10.7. The molecule has 0 bridgehead atoms. The van der Waals surface area contributed by atoms with E-state index in [0.29, 0.717) is 0 Å². The zero-order chi connectivity index (χ0) is 15.3. The molecule has 0 saturated carbocycles. The summed E-state index contributed by atoms with van der Waals surface area (Å²) < 4.78 is 0. The number of nitro groups is 1. The van der Waals surface area contributed by atoms with Gasteiger partial charge < -0.3 is 10.2 Å². The Morgan fingerprint density at radius 3 is 2.20 bits per heavy atom. The molecule has 0 amide bonds. The lowest BCUT2D eigenvalue weighted by Crippen LogP contribution is -2.36. The fraction of sp³-hybridized carbons (Fsp3) is 0.333. The molecule has 1 unspecified atom stereocenters. The number of carbonyl (C=O) groups is 2. The summed E-state index contributed by atoms with van der Waals surface area (Å²) in [5.41, 5.74) is 0.112. The van der Waals surface area contributed by atoms with E-state index >= 15 is 0 Å². The first-order chi connectivity index (χ1) is 9.32. The molecule has 20 heavy (non-hydrogen) atoms. The van der Waals surface area contributed by atoms with E-state index in [2.05, 4.69) is 0 Å². The highest BCUT2D eigenvalue weighted by Gasteiger charge is 2.26.